The van der Waals surface area contributed by atoms with Crippen LogP contribution in [0.2, 0.25) is 0 Å². The van der Waals surface area contributed by atoms with Crippen molar-refractivity contribution in [3.05, 3.63) is 12.2 Å². The third-order valence-corrected chi connectivity index (χ3v) is 6.83. The zero-order valence-corrected chi connectivity index (χ0v) is 17.3. The molecule has 0 amide bonds. The minimum Gasteiger partial charge on any atom is -0.465 e. The van der Waals surface area contributed by atoms with Gasteiger partial charge in [0, 0.05) is 17.8 Å². The van der Waals surface area contributed by atoms with Crippen LogP contribution in [0.5, 0.6) is 0 Å². The van der Waals surface area contributed by atoms with Crippen molar-refractivity contribution in [2.75, 3.05) is 7.11 Å². The molecule has 2 fully saturated rings. The highest BCUT2D eigenvalue weighted by Crippen LogP contribution is 2.78. The zero-order valence-electron chi connectivity index (χ0n) is 17.3. The molecule has 0 unspecified atom stereocenters. The minimum atomic E-state index is -2.52. The molecule has 0 aromatic heterocycles. The lowest BCUT2D eigenvalue weighted by molar-refractivity contribution is -0.208. The van der Waals surface area contributed by atoms with Gasteiger partial charge in [0.2, 0.25) is 0 Å². The van der Waals surface area contributed by atoms with Gasteiger partial charge in [0.25, 0.3) is 11.7 Å². The molecule has 3 atom stereocenters. The van der Waals surface area contributed by atoms with E-state index < -0.39 is 29.0 Å². The second-order valence-electron chi connectivity index (χ2n) is 8.56. The Hall–Kier alpha value is -1.01. The number of hydrogen-bond donors (Lipinski definition) is 2. The van der Waals surface area contributed by atoms with Crippen molar-refractivity contribution in [3.8, 4) is 0 Å². The van der Waals surface area contributed by atoms with Crippen LogP contribution in [0.25, 0.3) is 0 Å². The maximum absolute atomic E-state index is 14.5. The largest absolute Gasteiger partial charge is 0.465 e. The molecule has 2 saturated carbocycles. The van der Waals surface area contributed by atoms with Crippen LogP contribution in [-0.2, 0) is 9.53 Å². The van der Waals surface area contributed by atoms with E-state index in [-0.39, 0.29) is 18.8 Å². The van der Waals surface area contributed by atoms with E-state index in [9.17, 15) is 23.8 Å². The van der Waals surface area contributed by atoms with Crippen molar-refractivity contribution >= 4 is 5.97 Å². The first-order valence-corrected chi connectivity index (χ1v) is 10.8. The van der Waals surface area contributed by atoms with Gasteiger partial charge in [-0.3, -0.25) is 0 Å². The number of aliphatic hydroxyl groups is 2. The summed E-state index contributed by atoms with van der Waals surface area (Å²) in [5.41, 5.74) is -0.814. The quantitative estimate of drug-likeness (QED) is 0.197. The van der Waals surface area contributed by atoms with E-state index >= 15 is 0 Å². The Morgan fingerprint density at radius 1 is 1.14 bits per heavy atom. The van der Waals surface area contributed by atoms with Gasteiger partial charge in [-0.2, -0.15) is 0 Å². The van der Waals surface area contributed by atoms with Gasteiger partial charge in [0.05, 0.1) is 7.11 Å². The SMILES string of the molecule is CCCCCCCC[C@]12[C@@H](CC=CCCC(O)(O)C(=O)OC)CC[C@H]1C2(F)F. The lowest BCUT2D eigenvalue weighted by Gasteiger charge is -2.24. The molecule has 0 aromatic carbocycles. The third kappa shape index (κ3) is 4.76. The highest BCUT2D eigenvalue weighted by Gasteiger charge is 2.83. The van der Waals surface area contributed by atoms with Gasteiger partial charge >= 0.3 is 5.97 Å². The predicted octanol–water partition coefficient (Wildman–Crippen LogP) is 4.98. The van der Waals surface area contributed by atoms with E-state index in [1.165, 1.54) is 19.3 Å². The normalized spacial score (nSPS) is 28.5. The second kappa shape index (κ2) is 9.66. The molecule has 0 saturated heterocycles. The molecule has 0 bridgehead atoms. The second-order valence-corrected chi connectivity index (χ2v) is 8.56. The number of halogens is 2. The zero-order chi connectivity index (χ0) is 20.8. The average Bonchev–Trinajstić information content (AvgIpc) is 2.93. The van der Waals surface area contributed by atoms with Gasteiger partial charge in [0.15, 0.2) is 0 Å². The molecule has 4 nitrogen and oxygen atoms in total. The molecule has 0 aromatic rings. The van der Waals surface area contributed by atoms with Crippen LogP contribution in [0, 0.1) is 17.3 Å². The molecule has 0 heterocycles. The van der Waals surface area contributed by atoms with Crippen molar-refractivity contribution in [1.29, 1.82) is 0 Å². The number of carbonyl (C=O) groups excluding carboxylic acids is 1. The predicted molar refractivity (Wildman–Crippen MR) is 104 cm³/mol. The Bertz CT molecular complexity index is 547. The number of alkyl halides is 2. The lowest BCUT2D eigenvalue weighted by Crippen LogP contribution is -2.39. The number of methoxy groups -OCH3 is 1. The van der Waals surface area contributed by atoms with Crippen LogP contribution in [0.1, 0.15) is 84.0 Å². The number of ether oxygens (including phenoxy) is 1. The molecule has 0 aliphatic heterocycles. The van der Waals surface area contributed by atoms with Crippen LogP contribution in [0.4, 0.5) is 8.78 Å². The van der Waals surface area contributed by atoms with Gasteiger partial charge < -0.3 is 14.9 Å². The summed E-state index contributed by atoms with van der Waals surface area (Å²) in [5, 5.41) is 19.1. The third-order valence-electron chi connectivity index (χ3n) is 6.83. The average molecular weight is 403 g/mol. The fourth-order valence-corrected chi connectivity index (χ4v) is 5.17. The molecule has 6 heteroatoms. The van der Waals surface area contributed by atoms with Gasteiger partial charge in [-0.15, -0.1) is 0 Å². The Morgan fingerprint density at radius 2 is 1.82 bits per heavy atom. The van der Waals surface area contributed by atoms with Crippen LogP contribution in [-0.4, -0.2) is 35.0 Å². The highest BCUT2D eigenvalue weighted by atomic mass is 19.3. The van der Waals surface area contributed by atoms with E-state index in [0.717, 1.165) is 32.8 Å². The van der Waals surface area contributed by atoms with Crippen molar-refractivity contribution in [2.45, 2.75) is 95.7 Å². The Labute approximate surface area is 167 Å². The molecule has 2 aliphatic carbocycles. The molecular weight excluding hydrogens is 366 g/mol. The first-order valence-electron chi connectivity index (χ1n) is 10.8. The van der Waals surface area contributed by atoms with Gasteiger partial charge in [-0.25, -0.2) is 13.6 Å². The minimum absolute atomic E-state index is 0.00647. The molecule has 0 radical (unpaired) electrons. The Kier molecular flexibility index (Phi) is 8.03. The summed E-state index contributed by atoms with van der Waals surface area (Å²) in [6.07, 6.45) is 13.0. The first-order chi connectivity index (χ1) is 13.2. The molecule has 0 spiro atoms. The summed E-state index contributed by atoms with van der Waals surface area (Å²) in [6.45, 7) is 2.17. The maximum Gasteiger partial charge on any atom is 0.366 e. The maximum atomic E-state index is 14.5. The summed E-state index contributed by atoms with van der Waals surface area (Å²) < 4.78 is 33.3. The summed E-state index contributed by atoms with van der Waals surface area (Å²) in [7, 11) is 1.09. The van der Waals surface area contributed by atoms with E-state index in [0.29, 0.717) is 19.3 Å². The van der Waals surface area contributed by atoms with Gasteiger partial charge in [-0.1, -0.05) is 57.6 Å². The van der Waals surface area contributed by atoms with Crippen molar-refractivity contribution < 1.29 is 28.5 Å². The van der Waals surface area contributed by atoms with E-state index in [2.05, 4.69) is 11.7 Å². The number of unbranched alkanes of at least 4 members (excludes halogenated alkanes) is 5. The van der Waals surface area contributed by atoms with Gasteiger partial charge in [0.1, 0.15) is 0 Å². The molecule has 2 aliphatic rings. The number of fused-ring (bicyclic) bond motifs is 1. The molecule has 2 rings (SSSR count). The van der Waals surface area contributed by atoms with E-state index in [1.807, 2.05) is 6.08 Å². The van der Waals surface area contributed by atoms with Crippen molar-refractivity contribution in [1.82, 2.24) is 0 Å². The standard InChI is InChI=1S/C22H36F2O4/c1-3-4-5-6-7-10-15-20-17(13-14-18(20)22(20,23)24)12-9-8-11-16-21(26,27)19(25)28-2/h8-9,17-18,26-27H,3-7,10-16H2,1-2H3/t17-,18+,20-/m0/s1. The smallest absolute Gasteiger partial charge is 0.366 e. The summed E-state index contributed by atoms with van der Waals surface area (Å²) in [4.78, 5) is 11.2. The Morgan fingerprint density at radius 3 is 2.46 bits per heavy atom. The molecule has 2 N–H and O–H groups in total. The number of allylic oxidation sites excluding steroid dienone is 2. The first kappa shape index (κ1) is 23.3. The number of esters is 1. The van der Waals surface area contributed by atoms with Crippen LogP contribution < -0.4 is 0 Å². The molecule has 28 heavy (non-hydrogen) atoms. The van der Waals surface area contributed by atoms with Crippen LogP contribution >= 0.6 is 0 Å². The summed E-state index contributed by atoms with van der Waals surface area (Å²) >= 11 is 0. The van der Waals surface area contributed by atoms with Crippen LogP contribution in [0.3, 0.4) is 0 Å². The van der Waals surface area contributed by atoms with Crippen molar-refractivity contribution in [2.24, 2.45) is 17.3 Å². The summed E-state index contributed by atoms with van der Waals surface area (Å²) in [5.74, 6) is -6.57. The van der Waals surface area contributed by atoms with Crippen LogP contribution in [0.15, 0.2) is 12.2 Å². The van der Waals surface area contributed by atoms with E-state index in [1.54, 1.807) is 6.08 Å². The fraction of sp³-hybridized carbons (Fsp3) is 0.864. The summed E-state index contributed by atoms with van der Waals surface area (Å²) in [6, 6.07) is 0. The molecule has 162 valence electrons. The molecular formula is C22H36F2O4. The fourth-order valence-electron chi connectivity index (χ4n) is 5.17. The van der Waals surface area contributed by atoms with Gasteiger partial charge in [-0.05, 0) is 38.0 Å². The lowest BCUT2D eigenvalue weighted by atomic mass is 9.82. The number of carbonyl (C=O) groups is 1. The highest BCUT2D eigenvalue weighted by molar-refractivity contribution is 5.76. The topological polar surface area (TPSA) is 66.8 Å². The number of hydrogen-bond acceptors (Lipinski definition) is 4. The Balaban J connectivity index is 1.79. The monoisotopic (exact) mass is 402 g/mol. The van der Waals surface area contributed by atoms with E-state index in [4.69, 9.17) is 0 Å². The number of rotatable bonds is 13. The van der Waals surface area contributed by atoms with Crippen molar-refractivity contribution in [3.63, 3.8) is 0 Å².